The van der Waals surface area contributed by atoms with Crippen molar-refractivity contribution in [3.8, 4) is 5.69 Å². The van der Waals surface area contributed by atoms with Gasteiger partial charge < -0.3 is 10.1 Å². The number of para-hydroxylation sites is 1. The van der Waals surface area contributed by atoms with Gasteiger partial charge in [0.05, 0.1) is 11.4 Å². The number of carbonyl (C=O) groups is 2. The Hall–Kier alpha value is -3.67. The predicted molar refractivity (Wildman–Crippen MR) is 121 cm³/mol. The Morgan fingerprint density at radius 2 is 1.74 bits per heavy atom. The van der Waals surface area contributed by atoms with Crippen molar-refractivity contribution >= 4 is 18.0 Å². The summed E-state index contributed by atoms with van der Waals surface area (Å²) in [5, 5.41) is 7.34. The Morgan fingerprint density at radius 3 is 2.42 bits per heavy atom. The van der Waals surface area contributed by atoms with Gasteiger partial charge in [0.2, 0.25) is 0 Å². The van der Waals surface area contributed by atoms with Crippen molar-refractivity contribution in [1.82, 2.24) is 15.1 Å². The molecule has 0 spiro atoms. The van der Waals surface area contributed by atoms with Gasteiger partial charge in [-0.2, -0.15) is 5.10 Å². The third-order valence-electron chi connectivity index (χ3n) is 4.98. The second-order valence-corrected chi connectivity index (χ2v) is 7.45. The Bertz CT molecular complexity index is 1080. The first kappa shape index (κ1) is 22.0. The van der Waals surface area contributed by atoms with Crippen molar-refractivity contribution in [1.29, 1.82) is 0 Å². The number of nitrogens with one attached hydrogen (secondary N) is 1. The van der Waals surface area contributed by atoms with Crippen LogP contribution in [0.15, 0.2) is 60.7 Å². The average Bonchev–Trinajstić information content (AvgIpc) is 3.05. The number of hydrogen-bond donors (Lipinski definition) is 1. The number of esters is 1. The Kier molecular flexibility index (Phi) is 7.03. The van der Waals surface area contributed by atoms with Crippen LogP contribution in [0.4, 0.5) is 0 Å². The molecule has 160 valence electrons. The molecular formula is C25H27N3O3. The van der Waals surface area contributed by atoms with Gasteiger partial charge in [0.25, 0.3) is 5.91 Å². The van der Waals surface area contributed by atoms with Crippen LogP contribution >= 0.6 is 0 Å². The minimum atomic E-state index is -0.892. The average molecular weight is 418 g/mol. The number of benzene rings is 2. The maximum atomic E-state index is 12.2. The van der Waals surface area contributed by atoms with Crippen LogP contribution in [0.25, 0.3) is 11.8 Å². The Balaban J connectivity index is 1.58. The van der Waals surface area contributed by atoms with Gasteiger partial charge in [-0.25, -0.2) is 9.48 Å². The van der Waals surface area contributed by atoms with Crippen LogP contribution in [0.3, 0.4) is 0 Å². The van der Waals surface area contributed by atoms with E-state index >= 15 is 0 Å². The molecule has 0 unspecified atom stereocenters. The lowest BCUT2D eigenvalue weighted by Crippen LogP contribution is -2.35. The van der Waals surface area contributed by atoms with Crippen LogP contribution in [0.2, 0.25) is 0 Å². The van der Waals surface area contributed by atoms with Gasteiger partial charge in [0, 0.05) is 23.9 Å². The van der Waals surface area contributed by atoms with Crippen molar-refractivity contribution < 1.29 is 14.3 Å². The highest BCUT2D eigenvalue weighted by Gasteiger charge is 2.17. The molecule has 0 bridgehead atoms. The SMILES string of the molecule is Cc1ccc(CNC(=O)[C@H](C)OC(=O)/C=C/c2c(C)nn(-c3ccccc3)c2C)cc1. The van der Waals surface area contributed by atoms with E-state index in [-0.39, 0.29) is 5.91 Å². The van der Waals surface area contributed by atoms with E-state index < -0.39 is 12.1 Å². The Labute approximate surface area is 182 Å². The number of hydrogen-bond acceptors (Lipinski definition) is 4. The lowest BCUT2D eigenvalue weighted by atomic mass is 10.1. The number of aromatic nitrogens is 2. The van der Waals surface area contributed by atoms with Crippen LogP contribution in [-0.4, -0.2) is 27.8 Å². The van der Waals surface area contributed by atoms with Crippen molar-refractivity contribution in [2.24, 2.45) is 0 Å². The van der Waals surface area contributed by atoms with Crippen molar-refractivity contribution in [3.63, 3.8) is 0 Å². The van der Waals surface area contributed by atoms with Crippen LogP contribution in [0.1, 0.15) is 35.0 Å². The van der Waals surface area contributed by atoms with E-state index in [0.29, 0.717) is 6.54 Å². The van der Waals surface area contributed by atoms with E-state index in [4.69, 9.17) is 4.74 Å². The molecule has 31 heavy (non-hydrogen) atoms. The third kappa shape index (κ3) is 5.69. The summed E-state index contributed by atoms with van der Waals surface area (Å²) < 4.78 is 7.08. The first-order chi connectivity index (χ1) is 14.8. The highest BCUT2D eigenvalue weighted by Crippen LogP contribution is 2.19. The van der Waals surface area contributed by atoms with Crippen molar-refractivity contribution in [2.75, 3.05) is 0 Å². The predicted octanol–water partition coefficient (Wildman–Crippen LogP) is 4.06. The minimum Gasteiger partial charge on any atom is -0.449 e. The van der Waals surface area contributed by atoms with Gasteiger partial charge in [-0.15, -0.1) is 0 Å². The number of rotatable bonds is 7. The molecule has 0 fully saturated rings. The molecule has 0 aliphatic carbocycles. The molecule has 1 heterocycles. The second-order valence-electron chi connectivity index (χ2n) is 7.45. The number of amides is 1. The molecule has 6 nitrogen and oxygen atoms in total. The summed E-state index contributed by atoms with van der Waals surface area (Å²) in [5.74, 6) is -0.921. The summed E-state index contributed by atoms with van der Waals surface area (Å²) in [6.07, 6.45) is 2.11. The van der Waals surface area contributed by atoms with Gasteiger partial charge >= 0.3 is 5.97 Å². The van der Waals surface area contributed by atoms with E-state index in [9.17, 15) is 9.59 Å². The van der Waals surface area contributed by atoms with E-state index in [1.54, 1.807) is 13.0 Å². The molecule has 0 saturated heterocycles. The zero-order valence-electron chi connectivity index (χ0n) is 18.3. The van der Waals surface area contributed by atoms with Gasteiger partial charge in [-0.1, -0.05) is 48.0 Å². The van der Waals surface area contributed by atoms with Crippen molar-refractivity contribution in [2.45, 2.75) is 40.3 Å². The summed E-state index contributed by atoms with van der Waals surface area (Å²) in [7, 11) is 0. The molecular weight excluding hydrogens is 390 g/mol. The fraction of sp³-hybridized carbons (Fsp3) is 0.240. The number of aryl methyl sites for hydroxylation is 2. The maximum Gasteiger partial charge on any atom is 0.331 e. The van der Waals surface area contributed by atoms with Gasteiger partial charge in [-0.05, 0) is 51.5 Å². The molecule has 3 aromatic rings. The molecule has 6 heteroatoms. The highest BCUT2D eigenvalue weighted by molar-refractivity contribution is 5.90. The molecule has 0 radical (unpaired) electrons. The van der Waals surface area contributed by atoms with Gasteiger partial charge in [-0.3, -0.25) is 4.79 Å². The molecule has 1 amide bonds. The summed E-state index contributed by atoms with van der Waals surface area (Å²) in [6, 6.07) is 17.7. The monoisotopic (exact) mass is 417 g/mol. The lowest BCUT2D eigenvalue weighted by Gasteiger charge is -2.12. The lowest BCUT2D eigenvalue weighted by molar-refractivity contribution is -0.150. The molecule has 0 aliphatic heterocycles. The molecule has 1 aromatic heterocycles. The van der Waals surface area contributed by atoms with Crippen LogP contribution < -0.4 is 5.32 Å². The topological polar surface area (TPSA) is 73.2 Å². The number of nitrogens with zero attached hydrogens (tertiary/aromatic N) is 2. The first-order valence-corrected chi connectivity index (χ1v) is 10.2. The summed E-state index contributed by atoms with van der Waals surface area (Å²) in [6.45, 7) is 7.78. The third-order valence-corrected chi connectivity index (χ3v) is 4.98. The van der Waals surface area contributed by atoms with Crippen molar-refractivity contribution in [3.05, 3.63) is 88.8 Å². The highest BCUT2D eigenvalue weighted by atomic mass is 16.5. The van der Waals surface area contributed by atoms with E-state index in [1.807, 2.05) is 80.1 Å². The fourth-order valence-electron chi connectivity index (χ4n) is 3.17. The molecule has 0 aliphatic rings. The Morgan fingerprint density at radius 1 is 1.06 bits per heavy atom. The molecule has 1 N–H and O–H groups in total. The molecule has 2 aromatic carbocycles. The van der Waals surface area contributed by atoms with E-state index in [1.165, 1.54) is 6.08 Å². The largest absolute Gasteiger partial charge is 0.449 e. The van der Waals surface area contributed by atoms with Crippen LogP contribution in [0, 0.1) is 20.8 Å². The fourth-order valence-corrected chi connectivity index (χ4v) is 3.17. The first-order valence-electron chi connectivity index (χ1n) is 10.2. The van der Waals surface area contributed by atoms with E-state index in [2.05, 4.69) is 10.4 Å². The molecule has 3 rings (SSSR count). The summed E-state index contributed by atoms with van der Waals surface area (Å²) >= 11 is 0. The van der Waals surface area contributed by atoms with E-state index in [0.717, 1.165) is 33.8 Å². The quantitative estimate of drug-likeness (QED) is 0.465. The molecule has 0 saturated carbocycles. The van der Waals surface area contributed by atoms with Crippen LogP contribution in [-0.2, 0) is 20.9 Å². The molecule has 1 atom stereocenters. The number of ether oxygens (including phenoxy) is 1. The number of carbonyl (C=O) groups excluding carboxylic acids is 2. The second kappa shape index (κ2) is 9.89. The summed E-state index contributed by atoms with van der Waals surface area (Å²) in [5.41, 5.74) is 5.65. The normalized spacial score (nSPS) is 12.0. The van der Waals surface area contributed by atoms with Gasteiger partial charge in [0.1, 0.15) is 0 Å². The zero-order valence-corrected chi connectivity index (χ0v) is 18.3. The van der Waals surface area contributed by atoms with Crippen LogP contribution in [0.5, 0.6) is 0 Å². The standard InChI is InChI=1S/C25H27N3O3/c1-17-10-12-21(13-11-17)16-26-25(30)20(4)31-24(29)15-14-23-18(2)27-28(19(23)3)22-8-6-5-7-9-22/h5-15,20H,16H2,1-4H3,(H,26,30)/b15-14+/t20-/m0/s1. The summed E-state index contributed by atoms with van der Waals surface area (Å²) in [4.78, 5) is 24.5. The maximum absolute atomic E-state index is 12.2. The smallest absolute Gasteiger partial charge is 0.331 e. The minimum absolute atomic E-state index is 0.341. The van der Waals surface area contributed by atoms with Gasteiger partial charge in [0.15, 0.2) is 6.10 Å². The zero-order chi connectivity index (χ0) is 22.4.